The van der Waals surface area contributed by atoms with E-state index in [4.69, 9.17) is 9.47 Å². The molecule has 0 fully saturated rings. The van der Waals surface area contributed by atoms with Crippen molar-refractivity contribution in [3.63, 3.8) is 0 Å². The van der Waals surface area contributed by atoms with Crippen molar-refractivity contribution in [2.75, 3.05) is 14.2 Å². The quantitative estimate of drug-likeness (QED) is 0.605. The van der Waals surface area contributed by atoms with Gasteiger partial charge in [-0.1, -0.05) is 0 Å². The Morgan fingerprint density at radius 3 is 1.83 bits per heavy atom. The Kier molecular flexibility index (Phi) is 5.28. The Bertz CT molecular complexity index is 768. The van der Waals surface area contributed by atoms with E-state index in [2.05, 4.69) is 0 Å². The standard InChI is InChI=1S/C18H15F3O3/c1-10(22)15(18-16(20)7-12(19)8-17(18)21)6-11-4-13(23-2)9-14(5-11)24-3/h4-9H,1-3H3. The molecule has 0 aromatic heterocycles. The van der Waals surface area contributed by atoms with Crippen molar-refractivity contribution in [2.24, 2.45) is 0 Å². The highest BCUT2D eigenvalue weighted by molar-refractivity contribution is 6.24. The zero-order valence-electron chi connectivity index (χ0n) is 13.3. The molecule has 0 saturated carbocycles. The molecule has 0 aliphatic rings. The van der Waals surface area contributed by atoms with Gasteiger partial charge in [0.1, 0.15) is 29.0 Å². The van der Waals surface area contributed by atoms with E-state index in [1.807, 2.05) is 0 Å². The number of benzene rings is 2. The van der Waals surface area contributed by atoms with Gasteiger partial charge in [-0.25, -0.2) is 13.2 Å². The summed E-state index contributed by atoms with van der Waals surface area (Å²) < 4.78 is 51.3. The number of carbonyl (C=O) groups excluding carboxylic acids is 1. The van der Waals surface area contributed by atoms with Crippen LogP contribution in [-0.4, -0.2) is 20.0 Å². The van der Waals surface area contributed by atoms with Crippen molar-refractivity contribution in [2.45, 2.75) is 6.92 Å². The van der Waals surface area contributed by atoms with Crippen LogP contribution in [0.5, 0.6) is 11.5 Å². The van der Waals surface area contributed by atoms with E-state index in [9.17, 15) is 18.0 Å². The minimum Gasteiger partial charge on any atom is -0.497 e. The van der Waals surface area contributed by atoms with Gasteiger partial charge < -0.3 is 9.47 Å². The monoisotopic (exact) mass is 336 g/mol. The second-order valence-electron chi connectivity index (χ2n) is 5.00. The average molecular weight is 336 g/mol. The van der Waals surface area contributed by atoms with E-state index < -0.39 is 28.8 Å². The van der Waals surface area contributed by atoms with E-state index in [-0.39, 0.29) is 5.57 Å². The number of carbonyl (C=O) groups is 1. The van der Waals surface area contributed by atoms with Crippen molar-refractivity contribution in [1.29, 1.82) is 0 Å². The topological polar surface area (TPSA) is 35.5 Å². The van der Waals surface area contributed by atoms with Crippen molar-refractivity contribution in [3.8, 4) is 11.5 Å². The molecule has 126 valence electrons. The molecule has 3 nitrogen and oxygen atoms in total. The normalized spacial score (nSPS) is 11.3. The zero-order valence-corrected chi connectivity index (χ0v) is 13.3. The maximum atomic E-state index is 14.0. The number of methoxy groups -OCH3 is 2. The molecule has 2 aromatic rings. The van der Waals surface area contributed by atoms with Crippen LogP contribution in [0, 0.1) is 17.5 Å². The minimum atomic E-state index is -1.15. The summed E-state index contributed by atoms with van der Waals surface area (Å²) in [5.74, 6) is -3.03. The number of ketones is 1. The largest absolute Gasteiger partial charge is 0.497 e. The summed E-state index contributed by atoms with van der Waals surface area (Å²) in [6, 6.07) is 5.82. The molecule has 0 atom stereocenters. The Hall–Kier alpha value is -2.76. The smallest absolute Gasteiger partial charge is 0.160 e. The van der Waals surface area contributed by atoms with Gasteiger partial charge >= 0.3 is 0 Å². The Labute approximate surface area is 137 Å². The number of hydrogen-bond acceptors (Lipinski definition) is 3. The van der Waals surface area contributed by atoms with Crippen LogP contribution in [0.4, 0.5) is 13.2 Å². The lowest BCUT2D eigenvalue weighted by Crippen LogP contribution is -2.03. The Balaban J connectivity index is 2.65. The third-order valence-electron chi connectivity index (χ3n) is 3.34. The predicted octanol–water partition coefficient (Wildman–Crippen LogP) is 4.25. The lowest BCUT2D eigenvalue weighted by atomic mass is 9.98. The second kappa shape index (κ2) is 7.21. The Morgan fingerprint density at radius 1 is 0.917 bits per heavy atom. The summed E-state index contributed by atoms with van der Waals surface area (Å²) in [6.07, 6.45) is 1.30. The molecule has 0 unspecified atom stereocenters. The number of halogens is 3. The number of allylic oxidation sites excluding steroid dienone is 1. The van der Waals surface area contributed by atoms with Crippen molar-refractivity contribution < 1.29 is 27.4 Å². The summed E-state index contributed by atoms with van der Waals surface area (Å²) in [5.41, 5.74) is -0.356. The molecule has 6 heteroatoms. The maximum absolute atomic E-state index is 14.0. The van der Waals surface area contributed by atoms with E-state index in [1.54, 1.807) is 18.2 Å². The van der Waals surface area contributed by atoms with Crippen LogP contribution < -0.4 is 9.47 Å². The van der Waals surface area contributed by atoms with Crippen LogP contribution in [-0.2, 0) is 4.79 Å². The van der Waals surface area contributed by atoms with Crippen molar-refractivity contribution in [3.05, 3.63) is 58.9 Å². The minimum absolute atomic E-state index is 0.222. The van der Waals surface area contributed by atoms with Crippen LogP contribution in [0.15, 0.2) is 30.3 Å². The molecule has 0 aliphatic carbocycles. The fraction of sp³-hybridized carbons (Fsp3) is 0.167. The third-order valence-corrected chi connectivity index (χ3v) is 3.34. The van der Waals surface area contributed by atoms with Crippen LogP contribution in [0.25, 0.3) is 11.6 Å². The van der Waals surface area contributed by atoms with E-state index in [0.29, 0.717) is 29.2 Å². The van der Waals surface area contributed by atoms with Crippen LogP contribution in [0.1, 0.15) is 18.1 Å². The third kappa shape index (κ3) is 3.76. The average Bonchev–Trinajstić information content (AvgIpc) is 2.52. The van der Waals surface area contributed by atoms with Gasteiger partial charge in [0.05, 0.1) is 19.8 Å². The number of hydrogen-bond donors (Lipinski definition) is 0. The van der Waals surface area contributed by atoms with Gasteiger partial charge in [-0.05, 0) is 30.7 Å². The first-order valence-corrected chi connectivity index (χ1v) is 6.96. The first-order chi connectivity index (χ1) is 11.3. The molecule has 0 bridgehead atoms. The molecular weight excluding hydrogens is 321 g/mol. The highest BCUT2D eigenvalue weighted by Gasteiger charge is 2.19. The van der Waals surface area contributed by atoms with Gasteiger partial charge in [-0.3, -0.25) is 4.79 Å². The van der Waals surface area contributed by atoms with E-state index >= 15 is 0 Å². The highest BCUT2D eigenvalue weighted by atomic mass is 19.1. The number of Topliss-reactive ketones (excluding diaryl/α,β-unsaturated/α-hetero) is 1. The lowest BCUT2D eigenvalue weighted by molar-refractivity contribution is -0.111. The molecule has 24 heavy (non-hydrogen) atoms. The Morgan fingerprint density at radius 2 is 1.42 bits per heavy atom. The van der Waals surface area contributed by atoms with Crippen molar-refractivity contribution in [1.82, 2.24) is 0 Å². The summed E-state index contributed by atoms with van der Waals surface area (Å²) in [5, 5.41) is 0. The maximum Gasteiger partial charge on any atom is 0.160 e. The van der Waals surface area contributed by atoms with E-state index in [1.165, 1.54) is 27.2 Å². The first kappa shape index (κ1) is 17.6. The molecule has 2 rings (SSSR count). The predicted molar refractivity (Wildman–Crippen MR) is 84.4 cm³/mol. The molecule has 0 heterocycles. The SMILES string of the molecule is COc1cc(C=C(C(C)=O)c2c(F)cc(F)cc2F)cc(OC)c1. The molecule has 2 aromatic carbocycles. The van der Waals surface area contributed by atoms with Gasteiger partial charge in [0.25, 0.3) is 0 Å². The van der Waals surface area contributed by atoms with E-state index in [0.717, 1.165) is 0 Å². The summed E-state index contributed by atoms with van der Waals surface area (Å²) in [6.45, 7) is 1.17. The number of ether oxygens (including phenoxy) is 2. The van der Waals surface area contributed by atoms with Gasteiger partial charge in [0, 0.05) is 23.8 Å². The van der Waals surface area contributed by atoms with Gasteiger partial charge in [-0.15, -0.1) is 0 Å². The summed E-state index contributed by atoms with van der Waals surface area (Å²) >= 11 is 0. The zero-order chi connectivity index (χ0) is 17.9. The van der Waals surface area contributed by atoms with Crippen LogP contribution in [0.3, 0.4) is 0 Å². The molecule has 0 amide bonds. The fourth-order valence-corrected chi connectivity index (χ4v) is 2.23. The molecule has 0 N–H and O–H groups in total. The lowest BCUT2D eigenvalue weighted by Gasteiger charge is -2.10. The van der Waals surface area contributed by atoms with Gasteiger partial charge in [0.2, 0.25) is 0 Å². The molecule has 0 spiro atoms. The van der Waals surface area contributed by atoms with Crippen LogP contribution >= 0.6 is 0 Å². The molecule has 0 saturated heterocycles. The number of rotatable bonds is 5. The summed E-state index contributed by atoms with van der Waals surface area (Å²) in [4.78, 5) is 11.9. The van der Waals surface area contributed by atoms with Crippen LogP contribution in [0.2, 0.25) is 0 Å². The molecule has 0 radical (unpaired) electrons. The first-order valence-electron chi connectivity index (χ1n) is 6.96. The highest BCUT2D eigenvalue weighted by Crippen LogP contribution is 2.29. The molecule has 0 aliphatic heterocycles. The van der Waals surface area contributed by atoms with Crippen molar-refractivity contribution >= 4 is 17.4 Å². The molecular formula is C18H15F3O3. The summed E-state index contributed by atoms with van der Waals surface area (Å²) in [7, 11) is 2.90. The second-order valence-corrected chi connectivity index (χ2v) is 5.00. The van der Waals surface area contributed by atoms with Gasteiger partial charge in [-0.2, -0.15) is 0 Å². The van der Waals surface area contributed by atoms with Gasteiger partial charge in [0.15, 0.2) is 5.78 Å². The fourth-order valence-electron chi connectivity index (χ4n) is 2.23.